The first kappa shape index (κ1) is 17.8. The minimum atomic E-state index is -0.774. The summed E-state index contributed by atoms with van der Waals surface area (Å²) in [5.74, 6) is -0.398. The number of ether oxygens (including phenoxy) is 1. The molecule has 0 radical (unpaired) electrons. The smallest absolute Gasteiger partial charge is 0.328 e. The fraction of sp³-hybridized carbons (Fsp3) is 0.167. The first-order chi connectivity index (χ1) is 12.5. The average Bonchev–Trinajstić information content (AvgIpc) is 3.30. The van der Waals surface area contributed by atoms with Crippen LogP contribution in [0, 0.1) is 0 Å². The second-order valence-electron chi connectivity index (χ2n) is 5.58. The van der Waals surface area contributed by atoms with E-state index >= 15 is 0 Å². The van der Waals surface area contributed by atoms with Crippen LogP contribution in [0.4, 0.5) is 0 Å². The highest BCUT2D eigenvalue weighted by Crippen LogP contribution is 2.21. The molecule has 0 saturated heterocycles. The number of hydrogen-bond acceptors (Lipinski definition) is 4. The van der Waals surface area contributed by atoms with Gasteiger partial charge in [0.15, 0.2) is 5.82 Å². The quantitative estimate of drug-likeness (QED) is 0.698. The molecule has 134 valence electrons. The summed E-state index contributed by atoms with van der Waals surface area (Å²) in [6, 6.07) is 10.0. The Balaban J connectivity index is 2.02. The molecular weight excluding hydrogens is 356 g/mol. The van der Waals surface area contributed by atoms with Crippen LogP contribution < -0.4 is 5.32 Å². The number of methoxy groups -OCH3 is 1. The van der Waals surface area contributed by atoms with Crippen molar-refractivity contribution in [3.63, 3.8) is 0 Å². The minimum Gasteiger partial charge on any atom is -0.467 e. The van der Waals surface area contributed by atoms with Crippen molar-refractivity contribution in [2.24, 2.45) is 0 Å². The van der Waals surface area contributed by atoms with Crippen LogP contribution in [0.5, 0.6) is 0 Å². The van der Waals surface area contributed by atoms with Gasteiger partial charge >= 0.3 is 5.97 Å². The summed E-state index contributed by atoms with van der Waals surface area (Å²) in [7, 11) is 1.27. The molecule has 0 aliphatic heterocycles. The number of nitrogens with one attached hydrogen (secondary N) is 1. The van der Waals surface area contributed by atoms with Gasteiger partial charge in [-0.25, -0.2) is 9.48 Å². The van der Waals surface area contributed by atoms with Gasteiger partial charge < -0.3 is 14.6 Å². The molecule has 1 aromatic carbocycles. The normalized spacial score (nSPS) is 11.8. The summed E-state index contributed by atoms with van der Waals surface area (Å²) in [6.45, 7) is 1.56. The molecule has 0 spiro atoms. The van der Waals surface area contributed by atoms with Gasteiger partial charge in [0.1, 0.15) is 11.6 Å². The van der Waals surface area contributed by atoms with Gasteiger partial charge in [-0.05, 0) is 43.3 Å². The Morgan fingerprint density at radius 3 is 2.46 bits per heavy atom. The Bertz CT molecular complexity index is 917. The largest absolute Gasteiger partial charge is 0.467 e. The Morgan fingerprint density at radius 2 is 1.85 bits per heavy atom. The number of nitrogens with zero attached hydrogens (tertiary/aromatic N) is 3. The van der Waals surface area contributed by atoms with Gasteiger partial charge in [-0.15, -0.1) is 0 Å². The SMILES string of the molecule is COC(=O)C(C)NC(=O)c1cnn(-c2ccc(Cl)cc2)c1-n1cccc1. The Morgan fingerprint density at radius 1 is 1.19 bits per heavy atom. The number of amides is 1. The lowest BCUT2D eigenvalue weighted by Gasteiger charge is -2.13. The number of esters is 1. The molecule has 7 nitrogen and oxygen atoms in total. The van der Waals surface area contributed by atoms with Crippen LogP contribution in [0.15, 0.2) is 55.0 Å². The molecule has 2 heterocycles. The number of carbonyl (C=O) groups excluding carboxylic acids is 2. The first-order valence-corrected chi connectivity index (χ1v) is 8.25. The summed E-state index contributed by atoms with van der Waals surface area (Å²) < 4.78 is 8.05. The molecule has 1 N–H and O–H groups in total. The number of hydrogen-bond donors (Lipinski definition) is 1. The maximum Gasteiger partial charge on any atom is 0.328 e. The zero-order valence-electron chi connectivity index (χ0n) is 14.2. The van der Waals surface area contributed by atoms with Crippen LogP contribution in [0.1, 0.15) is 17.3 Å². The third kappa shape index (κ3) is 3.48. The van der Waals surface area contributed by atoms with Gasteiger partial charge in [0.05, 0.1) is 19.0 Å². The number of aromatic nitrogens is 3. The maximum absolute atomic E-state index is 12.7. The van der Waals surface area contributed by atoms with Crippen LogP contribution in [-0.2, 0) is 9.53 Å². The molecule has 0 bridgehead atoms. The third-order valence-corrected chi connectivity index (χ3v) is 4.06. The van der Waals surface area contributed by atoms with Crippen molar-refractivity contribution in [2.45, 2.75) is 13.0 Å². The van der Waals surface area contributed by atoms with Crippen LogP contribution in [0.2, 0.25) is 5.02 Å². The van der Waals surface area contributed by atoms with Crippen LogP contribution in [0.3, 0.4) is 0 Å². The van der Waals surface area contributed by atoms with Gasteiger partial charge in [0.25, 0.3) is 5.91 Å². The van der Waals surface area contributed by atoms with E-state index in [1.54, 1.807) is 40.4 Å². The van der Waals surface area contributed by atoms with Crippen LogP contribution >= 0.6 is 11.6 Å². The van der Waals surface area contributed by atoms with Crippen molar-refractivity contribution in [1.82, 2.24) is 19.7 Å². The van der Waals surface area contributed by atoms with Crippen molar-refractivity contribution in [3.8, 4) is 11.5 Å². The number of halogens is 1. The van der Waals surface area contributed by atoms with Gasteiger partial charge in [-0.1, -0.05) is 11.6 Å². The van der Waals surface area contributed by atoms with Crippen molar-refractivity contribution >= 4 is 23.5 Å². The molecular formula is C18H17ClN4O3. The molecule has 1 amide bonds. The van der Waals surface area contributed by atoms with E-state index in [1.165, 1.54) is 13.3 Å². The second kappa shape index (κ2) is 7.45. The molecule has 2 aromatic heterocycles. The fourth-order valence-electron chi connectivity index (χ4n) is 2.51. The zero-order valence-corrected chi connectivity index (χ0v) is 15.0. The topological polar surface area (TPSA) is 78.2 Å². The van der Waals surface area contributed by atoms with E-state index in [4.69, 9.17) is 11.6 Å². The number of benzene rings is 1. The summed E-state index contributed by atoms with van der Waals surface area (Å²) >= 11 is 5.95. The Kier molecular flexibility index (Phi) is 5.09. The fourth-order valence-corrected chi connectivity index (χ4v) is 2.63. The maximum atomic E-state index is 12.7. The van der Waals surface area contributed by atoms with Gasteiger partial charge in [-0.2, -0.15) is 5.10 Å². The molecule has 1 atom stereocenters. The Labute approximate surface area is 155 Å². The standard InChI is InChI=1S/C18H17ClN4O3/c1-12(18(25)26-2)21-16(24)15-11-20-23(14-7-5-13(19)6-8-14)17(15)22-9-3-4-10-22/h3-12H,1-2H3,(H,21,24). The molecule has 0 aliphatic carbocycles. The van der Waals surface area contributed by atoms with E-state index in [-0.39, 0.29) is 0 Å². The third-order valence-electron chi connectivity index (χ3n) is 3.81. The van der Waals surface area contributed by atoms with Crippen molar-refractivity contribution in [2.75, 3.05) is 7.11 Å². The minimum absolute atomic E-state index is 0.326. The van der Waals surface area contributed by atoms with E-state index in [1.807, 2.05) is 24.5 Å². The van der Waals surface area contributed by atoms with Gasteiger partial charge in [0, 0.05) is 17.4 Å². The summed E-state index contributed by atoms with van der Waals surface area (Å²) in [5.41, 5.74) is 1.07. The van der Waals surface area contributed by atoms with E-state index in [0.717, 1.165) is 5.69 Å². The molecule has 1 unspecified atom stereocenters. The number of rotatable bonds is 5. The van der Waals surface area contributed by atoms with E-state index < -0.39 is 17.9 Å². The highest BCUT2D eigenvalue weighted by molar-refractivity contribution is 6.30. The molecule has 0 fully saturated rings. The monoisotopic (exact) mass is 372 g/mol. The highest BCUT2D eigenvalue weighted by atomic mass is 35.5. The zero-order chi connectivity index (χ0) is 18.7. The van der Waals surface area contributed by atoms with E-state index in [2.05, 4.69) is 15.2 Å². The summed E-state index contributed by atoms with van der Waals surface area (Å²) in [6.07, 6.45) is 5.08. The second-order valence-corrected chi connectivity index (χ2v) is 6.02. The molecule has 3 rings (SSSR count). The highest BCUT2D eigenvalue weighted by Gasteiger charge is 2.23. The first-order valence-electron chi connectivity index (χ1n) is 7.87. The van der Waals surface area contributed by atoms with E-state index in [9.17, 15) is 9.59 Å². The lowest BCUT2D eigenvalue weighted by Crippen LogP contribution is -2.39. The van der Waals surface area contributed by atoms with Crippen molar-refractivity contribution in [1.29, 1.82) is 0 Å². The number of carbonyl (C=O) groups is 2. The van der Waals surface area contributed by atoms with Crippen molar-refractivity contribution < 1.29 is 14.3 Å². The predicted molar refractivity (Wildman–Crippen MR) is 96.8 cm³/mol. The van der Waals surface area contributed by atoms with Gasteiger partial charge in [-0.3, -0.25) is 4.79 Å². The predicted octanol–water partition coefficient (Wildman–Crippen LogP) is 2.61. The summed E-state index contributed by atoms with van der Waals surface area (Å²) in [4.78, 5) is 24.3. The van der Waals surface area contributed by atoms with Crippen molar-refractivity contribution in [3.05, 3.63) is 65.6 Å². The van der Waals surface area contributed by atoms with Gasteiger partial charge in [0.2, 0.25) is 0 Å². The van der Waals surface area contributed by atoms with Crippen LogP contribution in [-0.4, -0.2) is 39.4 Å². The molecule has 8 heteroatoms. The summed E-state index contributed by atoms with van der Waals surface area (Å²) in [5, 5.41) is 7.57. The lowest BCUT2D eigenvalue weighted by molar-refractivity contribution is -0.142. The van der Waals surface area contributed by atoms with Crippen LogP contribution in [0.25, 0.3) is 11.5 Å². The molecule has 3 aromatic rings. The van der Waals surface area contributed by atoms with E-state index in [0.29, 0.717) is 16.4 Å². The molecule has 0 aliphatic rings. The average molecular weight is 373 g/mol. The Hall–Kier alpha value is -3.06. The lowest BCUT2D eigenvalue weighted by atomic mass is 10.2. The molecule has 0 saturated carbocycles. The molecule has 26 heavy (non-hydrogen) atoms.